The molecule has 0 bridgehead atoms. The molecule has 3 rings (SSSR count). The number of rotatable bonds is 1. The summed E-state index contributed by atoms with van der Waals surface area (Å²) in [5.41, 5.74) is 1.00. The van der Waals surface area contributed by atoms with Gasteiger partial charge in [-0.15, -0.1) is 0 Å². The zero-order valence-corrected chi connectivity index (χ0v) is 10.4. The van der Waals surface area contributed by atoms with Gasteiger partial charge < -0.3 is 9.64 Å². The molecule has 0 unspecified atom stereocenters. The van der Waals surface area contributed by atoms with Crippen molar-refractivity contribution < 1.29 is 9.53 Å². The number of carbonyl (C=O) groups is 1. The molecule has 1 amide bonds. The maximum Gasteiger partial charge on any atom is 0.263 e. The molecule has 2 aliphatic rings. The smallest absolute Gasteiger partial charge is 0.263 e. The van der Waals surface area contributed by atoms with E-state index in [2.05, 4.69) is 0 Å². The predicted molar refractivity (Wildman–Crippen MR) is 65.1 cm³/mol. The van der Waals surface area contributed by atoms with Gasteiger partial charge in [-0.25, -0.2) is 0 Å². The second-order valence-electron chi connectivity index (χ2n) is 4.71. The quantitative estimate of drug-likeness (QED) is 0.768. The molecule has 0 N–H and O–H groups in total. The number of hydrogen-bond acceptors (Lipinski definition) is 2. The molecule has 0 aromatic heterocycles. The van der Waals surface area contributed by atoms with Gasteiger partial charge in [0.15, 0.2) is 6.10 Å². The lowest BCUT2D eigenvalue weighted by atomic mass is 10.2. The van der Waals surface area contributed by atoms with Crippen LogP contribution in [0.5, 0.6) is 5.75 Å². The van der Waals surface area contributed by atoms with E-state index in [1.54, 1.807) is 13.0 Å². The summed E-state index contributed by atoms with van der Waals surface area (Å²) >= 11 is 5.99. The zero-order valence-electron chi connectivity index (χ0n) is 9.65. The molecule has 1 aliphatic carbocycles. The Labute approximate surface area is 105 Å². The molecule has 0 spiro atoms. The second kappa shape index (κ2) is 3.91. The molecular formula is C13H14ClNO2. The summed E-state index contributed by atoms with van der Waals surface area (Å²) < 4.78 is 5.68. The van der Waals surface area contributed by atoms with Gasteiger partial charge in [0, 0.05) is 23.2 Å². The zero-order chi connectivity index (χ0) is 12.0. The van der Waals surface area contributed by atoms with Crippen LogP contribution in [-0.4, -0.2) is 23.0 Å². The summed E-state index contributed by atoms with van der Waals surface area (Å²) in [6, 6.07) is 5.93. The van der Waals surface area contributed by atoms with E-state index in [-0.39, 0.29) is 5.91 Å². The van der Waals surface area contributed by atoms with Crippen LogP contribution >= 0.6 is 11.6 Å². The van der Waals surface area contributed by atoms with Crippen LogP contribution in [0.15, 0.2) is 18.2 Å². The van der Waals surface area contributed by atoms with Gasteiger partial charge in [0.25, 0.3) is 5.91 Å². The molecule has 1 aliphatic heterocycles. The molecule has 1 aromatic rings. The van der Waals surface area contributed by atoms with E-state index < -0.39 is 6.10 Å². The topological polar surface area (TPSA) is 29.5 Å². The Morgan fingerprint density at radius 2 is 2.18 bits per heavy atom. The van der Waals surface area contributed by atoms with E-state index in [4.69, 9.17) is 16.3 Å². The summed E-state index contributed by atoms with van der Waals surface area (Å²) in [6.07, 6.45) is 1.81. The molecule has 0 radical (unpaired) electrons. The molecule has 3 nitrogen and oxygen atoms in total. The van der Waals surface area contributed by atoms with Crippen LogP contribution in [0, 0.1) is 0 Å². The fourth-order valence-electron chi connectivity index (χ4n) is 2.22. The Bertz CT molecular complexity index is 470. The predicted octanol–water partition coefficient (Wildman–Crippen LogP) is 2.61. The normalized spacial score (nSPS) is 24.0. The molecule has 0 saturated heterocycles. The lowest BCUT2D eigenvalue weighted by Crippen LogP contribution is -2.39. The van der Waals surface area contributed by atoms with Crippen molar-refractivity contribution in [2.75, 3.05) is 0 Å². The lowest BCUT2D eigenvalue weighted by molar-refractivity contribution is -0.138. The SMILES string of the molecule is C[C@@H]1Oc2ccc(Cl)cc2CN(C2CC2)C1=O. The van der Waals surface area contributed by atoms with Crippen molar-refractivity contribution >= 4 is 17.5 Å². The number of carbonyl (C=O) groups excluding carboxylic acids is 1. The molecule has 17 heavy (non-hydrogen) atoms. The van der Waals surface area contributed by atoms with Crippen LogP contribution in [0.2, 0.25) is 5.02 Å². The third kappa shape index (κ3) is 2.00. The van der Waals surface area contributed by atoms with Gasteiger partial charge in [-0.1, -0.05) is 11.6 Å². The van der Waals surface area contributed by atoms with Crippen molar-refractivity contribution in [3.63, 3.8) is 0 Å². The first-order valence-electron chi connectivity index (χ1n) is 5.91. The molecule has 1 saturated carbocycles. The highest BCUT2D eigenvalue weighted by Crippen LogP contribution is 2.34. The summed E-state index contributed by atoms with van der Waals surface area (Å²) in [4.78, 5) is 14.1. The summed E-state index contributed by atoms with van der Waals surface area (Å²) in [5, 5.41) is 0.685. The summed E-state index contributed by atoms with van der Waals surface area (Å²) in [5.74, 6) is 0.859. The Morgan fingerprint density at radius 1 is 1.41 bits per heavy atom. The van der Waals surface area contributed by atoms with Crippen molar-refractivity contribution in [1.29, 1.82) is 0 Å². The van der Waals surface area contributed by atoms with Gasteiger partial charge in [-0.05, 0) is 38.0 Å². The number of halogens is 1. The highest BCUT2D eigenvalue weighted by molar-refractivity contribution is 6.30. The monoisotopic (exact) mass is 251 g/mol. The third-order valence-corrected chi connectivity index (χ3v) is 3.52. The van der Waals surface area contributed by atoms with Gasteiger partial charge in [0.05, 0.1) is 0 Å². The van der Waals surface area contributed by atoms with E-state index in [1.165, 1.54) is 0 Å². The molecule has 4 heteroatoms. The Morgan fingerprint density at radius 3 is 2.88 bits per heavy atom. The van der Waals surface area contributed by atoms with E-state index in [0.717, 1.165) is 24.2 Å². The van der Waals surface area contributed by atoms with E-state index in [9.17, 15) is 4.79 Å². The number of amides is 1. The van der Waals surface area contributed by atoms with Crippen LogP contribution in [-0.2, 0) is 11.3 Å². The van der Waals surface area contributed by atoms with Crippen LogP contribution in [0.1, 0.15) is 25.3 Å². The van der Waals surface area contributed by atoms with Crippen molar-refractivity contribution in [1.82, 2.24) is 4.90 Å². The van der Waals surface area contributed by atoms with Crippen molar-refractivity contribution in [3.05, 3.63) is 28.8 Å². The van der Waals surface area contributed by atoms with Crippen LogP contribution < -0.4 is 4.74 Å². The Kier molecular flexibility index (Phi) is 2.51. The molecule has 1 atom stereocenters. The second-order valence-corrected chi connectivity index (χ2v) is 5.15. The summed E-state index contributed by atoms with van der Waals surface area (Å²) in [7, 11) is 0. The average molecular weight is 252 g/mol. The first kappa shape index (κ1) is 10.9. The molecule has 1 heterocycles. The van der Waals surface area contributed by atoms with Crippen LogP contribution in [0.3, 0.4) is 0 Å². The molecule has 90 valence electrons. The first-order valence-corrected chi connectivity index (χ1v) is 6.28. The van der Waals surface area contributed by atoms with E-state index in [0.29, 0.717) is 17.6 Å². The first-order chi connectivity index (χ1) is 8.15. The molecular weight excluding hydrogens is 238 g/mol. The van der Waals surface area contributed by atoms with Crippen LogP contribution in [0.4, 0.5) is 0 Å². The lowest BCUT2D eigenvalue weighted by Gasteiger charge is -2.21. The fraction of sp³-hybridized carbons (Fsp3) is 0.462. The Balaban J connectivity index is 1.99. The summed E-state index contributed by atoms with van der Waals surface area (Å²) in [6.45, 7) is 2.42. The minimum Gasteiger partial charge on any atom is -0.481 e. The van der Waals surface area contributed by atoms with Gasteiger partial charge in [0.1, 0.15) is 5.75 Å². The highest BCUT2D eigenvalue weighted by atomic mass is 35.5. The standard InChI is InChI=1S/C13H14ClNO2/c1-8-13(16)15(11-3-4-11)7-9-6-10(14)2-5-12(9)17-8/h2,5-6,8,11H,3-4,7H2,1H3/t8-/m0/s1. The Hall–Kier alpha value is -1.22. The minimum absolute atomic E-state index is 0.0832. The number of fused-ring (bicyclic) bond motifs is 1. The number of nitrogens with zero attached hydrogens (tertiary/aromatic N) is 1. The average Bonchev–Trinajstić information content (AvgIpc) is 3.11. The maximum atomic E-state index is 12.1. The maximum absolute atomic E-state index is 12.1. The van der Waals surface area contributed by atoms with Crippen molar-refractivity contribution in [2.45, 2.75) is 38.5 Å². The third-order valence-electron chi connectivity index (χ3n) is 3.29. The fourth-order valence-corrected chi connectivity index (χ4v) is 2.41. The number of benzene rings is 1. The van der Waals surface area contributed by atoms with Crippen molar-refractivity contribution in [2.24, 2.45) is 0 Å². The van der Waals surface area contributed by atoms with Gasteiger partial charge in [-0.3, -0.25) is 4.79 Å². The van der Waals surface area contributed by atoms with Crippen molar-refractivity contribution in [3.8, 4) is 5.75 Å². The molecule has 1 fully saturated rings. The van der Waals surface area contributed by atoms with Gasteiger partial charge in [-0.2, -0.15) is 0 Å². The van der Waals surface area contributed by atoms with Gasteiger partial charge in [0.2, 0.25) is 0 Å². The highest BCUT2D eigenvalue weighted by Gasteiger charge is 2.37. The van der Waals surface area contributed by atoms with E-state index >= 15 is 0 Å². The number of hydrogen-bond donors (Lipinski definition) is 0. The van der Waals surface area contributed by atoms with E-state index in [1.807, 2.05) is 17.0 Å². The largest absolute Gasteiger partial charge is 0.481 e. The van der Waals surface area contributed by atoms with Gasteiger partial charge >= 0.3 is 0 Å². The molecule has 1 aromatic carbocycles. The van der Waals surface area contributed by atoms with Crippen LogP contribution in [0.25, 0.3) is 0 Å². The minimum atomic E-state index is -0.405. The number of ether oxygens (including phenoxy) is 1.